The molecule has 3 aromatic rings. The normalized spacial score (nSPS) is 11.0. The Morgan fingerprint density at radius 1 is 1.17 bits per heavy atom. The highest BCUT2D eigenvalue weighted by Gasteiger charge is 2.11. The monoisotopic (exact) mass is 326 g/mol. The van der Waals surface area contributed by atoms with Gasteiger partial charge in [0.1, 0.15) is 5.75 Å². The number of para-hydroxylation sites is 1. The van der Waals surface area contributed by atoms with E-state index in [1.54, 1.807) is 24.3 Å². The highest BCUT2D eigenvalue weighted by atomic mass is 32.1. The lowest BCUT2D eigenvalue weighted by molar-refractivity contribution is 0.102. The summed E-state index contributed by atoms with van der Waals surface area (Å²) in [5.74, 6) is 0.588. The summed E-state index contributed by atoms with van der Waals surface area (Å²) >= 11 is 1.48. The van der Waals surface area contributed by atoms with E-state index in [4.69, 9.17) is 4.74 Å². The van der Waals surface area contributed by atoms with Gasteiger partial charge in [0.15, 0.2) is 5.13 Å². The fraction of sp³-hybridized carbons (Fsp3) is 0.222. The molecule has 1 amide bonds. The van der Waals surface area contributed by atoms with Crippen LogP contribution in [-0.2, 0) is 0 Å². The third kappa shape index (κ3) is 3.51. The van der Waals surface area contributed by atoms with Crippen LogP contribution in [0.5, 0.6) is 5.75 Å². The average Bonchev–Trinajstić information content (AvgIpc) is 2.91. The Hall–Kier alpha value is -2.40. The minimum absolute atomic E-state index is 0.112. The van der Waals surface area contributed by atoms with Crippen LogP contribution in [-0.4, -0.2) is 17.0 Å². The second-order valence-corrected chi connectivity index (χ2v) is 6.62. The van der Waals surface area contributed by atoms with E-state index in [1.165, 1.54) is 11.3 Å². The molecule has 118 valence electrons. The zero-order valence-corrected chi connectivity index (χ0v) is 14.1. The lowest BCUT2D eigenvalue weighted by Crippen LogP contribution is -2.12. The molecule has 0 saturated heterocycles. The van der Waals surface area contributed by atoms with Gasteiger partial charge in [-0.05, 0) is 56.7 Å². The molecule has 0 aliphatic carbocycles. The number of carbonyl (C=O) groups is 1. The predicted molar refractivity (Wildman–Crippen MR) is 94.5 cm³/mol. The van der Waals surface area contributed by atoms with Gasteiger partial charge in [0.25, 0.3) is 5.91 Å². The summed E-state index contributed by atoms with van der Waals surface area (Å²) in [5.41, 5.74) is 2.63. The van der Waals surface area contributed by atoms with Crippen LogP contribution in [0.1, 0.15) is 29.8 Å². The summed E-state index contributed by atoms with van der Waals surface area (Å²) < 4.78 is 6.65. The summed E-state index contributed by atoms with van der Waals surface area (Å²) in [6.45, 7) is 5.95. The van der Waals surface area contributed by atoms with Crippen molar-refractivity contribution in [3.8, 4) is 5.75 Å². The van der Waals surface area contributed by atoms with Gasteiger partial charge in [0.2, 0.25) is 0 Å². The molecule has 0 aliphatic rings. The molecule has 1 N–H and O–H groups in total. The van der Waals surface area contributed by atoms with Crippen LogP contribution >= 0.6 is 11.3 Å². The molecule has 0 bridgehead atoms. The Morgan fingerprint density at radius 3 is 2.57 bits per heavy atom. The third-order valence-electron chi connectivity index (χ3n) is 3.33. The number of nitrogens with one attached hydrogen (secondary N) is 1. The number of anilines is 1. The molecule has 0 unspecified atom stereocenters. The second-order valence-electron chi connectivity index (χ2n) is 5.59. The van der Waals surface area contributed by atoms with Crippen LogP contribution in [0.2, 0.25) is 0 Å². The van der Waals surface area contributed by atoms with Gasteiger partial charge in [0.05, 0.1) is 16.3 Å². The fourth-order valence-electron chi connectivity index (χ4n) is 2.27. The fourth-order valence-corrected chi connectivity index (χ4v) is 3.20. The van der Waals surface area contributed by atoms with Gasteiger partial charge in [-0.2, -0.15) is 0 Å². The van der Waals surface area contributed by atoms with Crippen molar-refractivity contribution >= 4 is 32.6 Å². The number of carbonyl (C=O) groups excluding carboxylic acids is 1. The maximum absolute atomic E-state index is 12.3. The van der Waals surface area contributed by atoms with Gasteiger partial charge in [-0.25, -0.2) is 4.98 Å². The van der Waals surface area contributed by atoms with Gasteiger partial charge in [0, 0.05) is 5.56 Å². The Bertz CT molecular complexity index is 838. The number of nitrogens with zero attached hydrogens (tertiary/aromatic N) is 1. The molecule has 5 heteroatoms. The topological polar surface area (TPSA) is 51.2 Å². The van der Waals surface area contributed by atoms with E-state index in [1.807, 2.05) is 39.0 Å². The first-order valence-electron chi connectivity index (χ1n) is 7.47. The number of hydrogen-bond acceptors (Lipinski definition) is 4. The van der Waals surface area contributed by atoms with Crippen LogP contribution in [0, 0.1) is 6.92 Å². The first-order chi connectivity index (χ1) is 11.0. The number of rotatable bonds is 4. The minimum Gasteiger partial charge on any atom is -0.491 e. The summed E-state index contributed by atoms with van der Waals surface area (Å²) in [5, 5.41) is 3.48. The summed E-state index contributed by atoms with van der Waals surface area (Å²) in [6.07, 6.45) is 0.112. The standard InChI is InChI=1S/C18H18N2O2S/c1-11(2)22-14-9-7-13(8-10-14)17(21)20-18-19-16-12(3)5-4-6-15(16)23-18/h4-11H,1-3H3,(H,19,20,21). The van der Waals surface area contributed by atoms with E-state index in [9.17, 15) is 4.79 Å². The van der Waals surface area contributed by atoms with E-state index < -0.39 is 0 Å². The minimum atomic E-state index is -0.169. The number of benzene rings is 2. The number of ether oxygens (including phenoxy) is 1. The predicted octanol–water partition coefficient (Wildman–Crippen LogP) is 4.64. The Morgan fingerprint density at radius 2 is 1.91 bits per heavy atom. The van der Waals surface area contributed by atoms with Crippen molar-refractivity contribution in [2.75, 3.05) is 5.32 Å². The van der Waals surface area contributed by atoms with E-state index in [2.05, 4.69) is 10.3 Å². The molecule has 0 fully saturated rings. The van der Waals surface area contributed by atoms with Gasteiger partial charge >= 0.3 is 0 Å². The van der Waals surface area contributed by atoms with Crippen LogP contribution in [0.15, 0.2) is 42.5 Å². The molecule has 0 aliphatic heterocycles. The van der Waals surface area contributed by atoms with Crippen molar-refractivity contribution in [2.45, 2.75) is 26.9 Å². The van der Waals surface area contributed by atoms with E-state index in [0.29, 0.717) is 10.7 Å². The van der Waals surface area contributed by atoms with Gasteiger partial charge in [-0.3, -0.25) is 10.1 Å². The Balaban J connectivity index is 1.76. The highest BCUT2D eigenvalue weighted by molar-refractivity contribution is 7.22. The first-order valence-corrected chi connectivity index (χ1v) is 8.29. The number of hydrogen-bond donors (Lipinski definition) is 1. The van der Waals surface area contributed by atoms with Crippen LogP contribution in [0.4, 0.5) is 5.13 Å². The molecule has 1 aromatic heterocycles. The highest BCUT2D eigenvalue weighted by Crippen LogP contribution is 2.28. The van der Waals surface area contributed by atoms with E-state index >= 15 is 0 Å². The Labute approximate surface area is 139 Å². The number of thiazole rings is 1. The van der Waals surface area contributed by atoms with Crippen molar-refractivity contribution in [2.24, 2.45) is 0 Å². The van der Waals surface area contributed by atoms with Crippen LogP contribution in [0.3, 0.4) is 0 Å². The number of fused-ring (bicyclic) bond motifs is 1. The molecule has 4 nitrogen and oxygen atoms in total. The molecular formula is C18H18N2O2S. The van der Waals surface area contributed by atoms with Gasteiger partial charge < -0.3 is 4.74 Å². The van der Waals surface area contributed by atoms with Crippen LogP contribution in [0.25, 0.3) is 10.2 Å². The van der Waals surface area contributed by atoms with Gasteiger partial charge in [-0.15, -0.1) is 0 Å². The first kappa shape index (κ1) is 15.5. The molecule has 0 spiro atoms. The molecule has 2 aromatic carbocycles. The van der Waals surface area contributed by atoms with Crippen molar-refractivity contribution in [3.63, 3.8) is 0 Å². The molecule has 0 radical (unpaired) electrons. The molecule has 23 heavy (non-hydrogen) atoms. The number of aromatic nitrogens is 1. The lowest BCUT2D eigenvalue weighted by Gasteiger charge is -2.09. The zero-order chi connectivity index (χ0) is 16.4. The quantitative estimate of drug-likeness (QED) is 0.759. The van der Waals surface area contributed by atoms with Crippen LogP contribution < -0.4 is 10.1 Å². The lowest BCUT2D eigenvalue weighted by atomic mass is 10.2. The van der Waals surface area contributed by atoms with E-state index in [-0.39, 0.29) is 12.0 Å². The Kier molecular flexibility index (Phi) is 4.30. The molecule has 1 heterocycles. The maximum atomic E-state index is 12.3. The van der Waals surface area contributed by atoms with Crippen molar-refractivity contribution in [3.05, 3.63) is 53.6 Å². The molecule has 0 atom stereocenters. The molecule has 3 rings (SSSR count). The maximum Gasteiger partial charge on any atom is 0.257 e. The summed E-state index contributed by atoms with van der Waals surface area (Å²) in [6, 6.07) is 13.1. The van der Waals surface area contributed by atoms with E-state index in [0.717, 1.165) is 21.5 Å². The largest absolute Gasteiger partial charge is 0.491 e. The smallest absolute Gasteiger partial charge is 0.257 e. The number of aryl methyl sites for hydroxylation is 1. The van der Waals surface area contributed by atoms with Crippen molar-refractivity contribution in [1.29, 1.82) is 0 Å². The molecular weight excluding hydrogens is 308 g/mol. The number of amides is 1. The van der Waals surface area contributed by atoms with Crippen molar-refractivity contribution < 1.29 is 9.53 Å². The summed E-state index contributed by atoms with van der Waals surface area (Å²) in [7, 11) is 0. The average molecular weight is 326 g/mol. The summed E-state index contributed by atoms with van der Waals surface area (Å²) in [4.78, 5) is 16.8. The molecule has 0 saturated carbocycles. The van der Waals surface area contributed by atoms with Crippen molar-refractivity contribution in [1.82, 2.24) is 4.98 Å². The zero-order valence-electron chi connectivity index (χ0n) is 13.3. The van der Waals surface area contributed by atoms with Gasteiger partial charge in [-0.1, -0.05) is 23.5 Å². The SMILES string of the molecule is Cc1cccc2sc(NC(=O)c3ccc(OC(C)C)cc3)nc12. The third-order valence-corrected chi connectivity index (χ3v) is 4.27. The second kappa shape index (κ2) is 6.38.